The van der Waals surface area contributed by atoms with Gasteiger partial charge in [0.2, 0.25) is 0 Å². The van der Waals surface area contributed by atoms with Crippen LogP contribution in [0.25, 0.3) is 0 Å². The molecule has 0 aromatic heterocycles. The maximum Gasteiger partial charge on any atom is 0.166 e. The molecule has 1 heterocycles. The first kappa shape index (κ1) is 13.7. The van der Waals surface area contributed by atoms with E-state index in [0.717, 1.165) is 24.1 Å². The molecule has 3 heteroatoms. The molecule has 0 amide bonds. The van der Waals surface area contributed by atoms with E-state index in [9.17, 15) is 4.79 Å². The minimum absolute atomic E-state index is 0.241. The zero-order valence-electron chi connectivity index (χ0n) is 12.8. The third-order valence-electron chi connectivity index (χ3n) is 5.26. The fraction of sp³-hybridized carbons (Fsp3) is 0.474. The van der Waals surface area contributed by atoms with E-state index in [2.05, 4.69) is 29.6 Å². The highest BCUT2D eigenvalue weighted by molar-refractivity contribution is 6.15. The summed E-state index contributed by atoms with van der Waals surface area (Å²) >= 11 is 0. The van der Waals surface area contributed by atoms with Crippen LogP contribution in [0, 0.1) is 0 Å². The Labute approximate surface area is 131 Å². The van der Waals surface area contributed by atoms with Gasteiger partial charge in [0, 0.05) is 24.4 Å². The molecule has 3 atom stereocenters. The zero-order valence-corrected chi connectivity index (χ0v) is 12.8. The number of aliphatic imine (C=N–C) groups is 1. The first-order valence-corrected chi connectivity index (χ1v) is 8.42. The fourth-order valence-corrected chi connectivity index (χ4v) is 4.03. The highest BCUT2D eigenvalue weighted by Crippen LogP contribution is 2.35. The summed E-state index contributed by atoms with van der Waals surface area (Å²) < 4.78 is 0. The van der Waals surface area contributed by atoms with E-state index >= 15 is 0 Å². The topological polar surface area (TPSA) is 41.5 Å². The van der Waals surface area contributed by atoms with Crippen molar-refractivity contribution in [3.05, 3.63) is 47.2 Å². The molecule has 0 spiro atoms. The maximum atomic E-state index is 12.6. The third-order valence-corrected chi connectivity index (χ3v) is 5.26. The van der Waals surface area contributed by atoms with Crippen LogP contribution in [0.1, 0.15) is 50.0 Å². The molecule has 0 saturated heterocycles. The van der Waals surface area contributed by atoms with Gasteiger partial charge in [-0.2, -0.15) is 0 Å². The SMILES string of the molecule is O=C1C[C@H](c2ccccc2)CC2=C1C=N[C@@H]1CCCC[C@H]1N2. The van der Waals surface area contributed by atoms with Crippen LogP contribution in [-0.2, 0) is 4.79 Å². The van der Waals surface area contributed by atoms with Gasteiger partial charge in [0.1, 0.15) is 0 Å². The van der Waals surface area contributed by atoms with Gasteiger partial charge in [-0.3, -0.25) is 9.79 Å². The number of ketones is 1. The van der Waals surface area contributed by atoms with Crippen LogP contribution in [0.5, 0.6) is 0 Å². The monoisotopic (exact) mass is 294 g/mol. The van der Waals surface area contributed by atoms with Crippen molar-refractivity contribution < 1.29 is 4.79 Å². The number of hydrogen-bond donors (Lipinski definition) is 1. The quantitative estimate of drug-likeness (QED) is 0.862. The highest BCUT2D eigenvalue weighted by atomic mass is 16.1. The number of Topliss-reactive ketones (excluding diaryl/α,β-unsaturated/α-hetero) is 1. The highest BCUT2D eigenvalue weighted by Gasteiger charge is 2.33. The zero-order chi connectivity index (χ0) is 14.9. The van der Waals surface area contributed by atoms with Crippen molar-refractivity contribution in [2.45, 2.75) is 56.5 Å². The van der Waals surface area contributed by atoms with E-state index in [4.69, 9.17) is 4.99 Å². The van der Waals surface area contributed by atoms with E-state index in [-0.39, 0.29) is 5.78 Å². The Morgan fingerprint density at radius 1 is 1.05 bits per heavy atom. The molecule has 1 aliphatic heterocycles. The molecule has 3 aliphatic rings. The Bertz CT molecular complexity index is 632. The Kier molecular flexibility index (Phi) is 3.57. The number of fused-ring (bicyclic) bond motifs is 1. The maximum absolute atomic E-state index is 12.6. The number of nitrogens with zero attached hydrogens (tertiary/aromatic N) is 1. The van der Waals surface area contributed by atoms with Gasteiger partial charge in [0.15, 0.2) is 5.78 Å². The molecule has 114 valence electrons. The van der Waals surface area contributed by atoms with Crippen molar-refractivity contribution in [2.24, 2.45) is 4.99 Å². The number of carbonyl (C=O) groups excluding carboxylic acids is 1. The molecule has 1 N–H and O–H groups in total. The van der Waals surface area contributed by atoms with E-state index in [1.807, 2.05) is 12.3 Å². The third kappa shape index (κ3) is 2.49. The van der Waals surface area contributed by atoms with Gasteiger partial charge in [-0.1, -0.05) is 43.2 Å². The van der Waals surface area contributed by atoms with Gasteiger partial charge < -0.3 is 5.32 Å². The average molecular weight is 294 g/mol. The molecule has 22 heavy (non-hydrogen) atoms. The van der Waals surface area contributed by atoms with Crippen LogP contribution in [0.2, 0.25) is 0 Å². The second-order valence-electron chi connectivity index (χ2n) is 6.71. The summed E-state index contributed by atoms with van der Waals surface area (Å²) in [5, 5.41) is 3.68. The van der Waals surface area contributed by atoms with Crippen molar-refractivity contribution >= 4 is 12.0 Å². The minimum atomic E-state index is 0.241. The predicted octanol–water partition coefficient (Wildman–Crippen LogP) is 3.37. The van der Waals surface area contributed by atoms with Crippen LogP contribution in [0.3, 0.4) is 0 Å². The molecule has 0 radical (unpaired) electrons. The molecule has 1 saturated carbocycles. The van der Waals surface area contributed by atoms with Crippen LogP contribution < -0.4 is 5.32 Å². The van der Waals surface area contributed by atoms with Crippen molar-refractivity contribution in [3.8, 4) is 0 Å². The molecule has 1 aromatic carbocycles. The number of carbonyl (C=O) groups is 1. The summed E-state index contributed by atoms with van der Waals surface area (Å²) in [6.45, 7) is 0. The molecule has 4 rings (SSSR count). The number of hydrogen-bond acceptors (Lipinski definition) is 3. The molecule has 2 aliphatic carbocycles. The molecular formula is C19H22N2O. The second kappa shape index (κ2) is 5.71. The van der Waals surface area contributed by atoms with Crippen molar-refractivity contribution in [2.75, 3.05) is 0 Å². The summed E-state index contributed by atoms with van der Waals surface area (Å²) in [4.78, 5) is 17.3. The van der Waals surface area contributed by atoms with Gasteiger partial charge in [0.25, 0.3) is 0 Å². The summed E-state index contributed by atoms with van der Waals surface area (Å²) in [6.07, 6.45) is 8.23. The largest absolute Gasteiger partial charge is 0.383 e. The lowest BCUT2D eigenvalue weighted by Crippen LogP contribution is -2.41. The van der Waals surface area contributed by atoms with E-state index < -0.39 is 0 Å². The molecule has 0 bridgehead atoms. The van der Waals surface area contributed by atoms with Gasteiger partial charge >= 0.3 is 0 Å². The lowest BCUT2D eigenvalue weighted by atomic mass is 9.81. The minimum Gasteiger partial charge on any atom is -0.383 e. The Morgan fingerprint density at radius 2 is 1.86 bits per heavy atom. The molecule has 1 fully saturated rings. The Balaban J connectivity index is 1.62. The average Bonchev–Trinajstić information content (AvgIpc) is 2.75. The van der Waals surface area contributed by atoms with E-state index in [0.29, 0.717) is 24.4 Å². The van der Waals surface area contributed by atoms with Gasteiger partial charge in [-0.15, -0.1) is 0 Å². The van der Waals surface area contributed by atoms with Gasteiger partial charge in [0.05, 0.1) is 11.6 Å². The Hall–Kier alpha value is -1.90. The normalized spacial score (nSPS) is 31.1. The number of nitrogens with one attached hydrogen (secondary N) is 1. The Morgan fingerprint density at radius 3 is 2.73 bits per heavy atom. The van der Waals surface area contributed by atoms with Gasteiger partial charge in [-0.25, -0.2) is 0 Å². The molecule has 1 aromatic rings. The van der Waals surface area contributed by atoms with E-state index in [1.54, 1.807) is 0 Å². The van der Waals surface area contributed by atoms with E-state index in [1.165, 1.54) is 24.8 Å². The number of benzene rings is 1. The standard InChI is InChI=1S/C19H22N2O/c22-19-11-14(13-6-2-1-3-7-13)10-18-15(19)12-20-16-8-4-5-9-17(16)21-18/h1-3,6-7,12,14,16-17,21H,4-5,8-11H2/t14-,16-,17-/m1/s1. The fourth-order valence-electron chi connectivity index (χ4n) is 4.03. The van der Waals surface area contributed by atoms with Crippen LogP contribution in [0.4, 0.5) is 0 Å². The molecule has 0 unspecified atom stereocenters. The molecular weight excluding hydrogens is 272 g/mol. The first-order valence-electron chi connectivity index (χ1n) is 8.42. The smallest absolute Gasteiger partial charge is 0.166 e. The predicted molar refractivity (Wildman–Crippen MR) is 88.1 cm³/mol. The number of allylic oxidation sites excluding steroid dienone is 2. The molecule has 3 nitrogen and oxygen atoms in total. The summed E-state index contributed by atoms with van der Waals surface area (Å²) in [6, 6.07) is 11.2. The first-order chi connectivity index (χ1) is 10.8. The van der Waals surface area contributed by atoms with Crippen LogP contribution in [-0.4, -0.2) is 24.1 Å². The lowest BCUT2D eigenvalue weighted by Gasteiger charge is -2.32. The van der Waals surface area contributed by atoms with Crippen LogP contribution >= 0.6 is 0 Å². The van der Waals surface area contributed by atoms with Gasteiger partial charge in [-0.05, 0) is 30.7 Å². The summed E-state index contributed by atoms with van der Waals surface area (Å²) in [5.41, 5.74) is 3.23. The summed E-state index contributed by atoms with van der Waals surface area (Å²) in [5.74, 6) is 0.540. The van der Waals surface area contributed by atoms with Crippen molar-refractivity contribution in [1.29, 1.82) is 0 Å². The summed E-state index contributed by atoms with van der Waals surface area (Å²) in [7, 11) is 0. The van der Waals surface area contributed by atoms with Crippen molar-refractivity contribution in [3.63, 3.8) is 0 Å². The lowest BCUT2D eigenvalue weighted by molar-refractivity contribution is -0.115. The van der Waals surface area contributed by atoms with Crippen molar-refractivity contribution in [1.82, 2.24) is 5.32 Å². The number of rotatable bonds is 1. The second-order valence-corrected chi connectivity index (χ2v) is 6.71. The van der Waals surface area contributed by atoms with Crippen LogP contribution in [0.15, 0.2) is 46.6 Å².